The molecule has 0 bridgehead atoms. The molecule has 0 aliphatic rings. The number of rotatable bonds is 7. The van der Waals surface area contributed by atoms with Crippen LogP contribution in [0.15, 0.2) is 53.5 Å². The van der Waals surface area contributed by atoms with Gasteiger partial charge < -0.3 is 15.8 Å². The summed E-state index contributed by atoms with van der Waals surface area (Å²) in [5.41, 5.74) is 10.5. The molecule has 4 heteroatoms. The number of guanidine groups is 1. The Hall–Kier alpha value is -2.33. The summed E-state index contributed by atoms with van der Waals surface area (Å²) in [6.45, 7) is 8.27. The van der Waals surface area contributed by atoms with Crippen molar-refractivity contribution in [1.29, 1.82) is 0 Å². The number of aliphatic imine (C=N–C) groups is 1. The Morgan fingerprint density at radius 2 is 1.83 bits per heavy atom. The number of nitrogens with zero attached hydrogens (tertiary/aromatic N) is 1. The van der Waals surface area contributed by atoms with Crippen molar-refractivity contribution in [2.75, 3.05) is 11.9 Å². The van der Waals surface area contributed by atoms with Gasteiger partial charge in [0, 0.05) is 12.3 Å². The largest absolute Gasteiger partial charge is 0.377 e. The van der Waals surface area contributed by atoms with Crippen LogP contribution in [-0.2, 0) is 17.9 Å². The first kappa shape index (κ1) is 18.0. The average Bonchev–Trinajstić information content (AvgIpc) is 2.59. The predicted molar refractivity (Wildman–Crippen MR) is 101 cm³/mol. The molecule has 0 aromatic heterocycles. The molecule has 24 heavy (non-hydrogen) atoms. The van der Waals surface area contributed by atoms with Crippen molar-refractivity contribution < 1.29 is 4.74 Å². The second-order valence-corrected chi connectivity index (χ2v) is 6.06. The van der Waals surface area contributed by atoms with Crippen LogP contribution in [-0.4, -0.2) is 12.6 Å². The van der Waals surface area contributed by atoms with Crippen molar-refractivity contribution in [3.05, 3.63) is 65.2 Å². The molecule has 0 aliphatic heterocycles. The summed E-state index contributed by atoms with van der Waals surface area (Å²) in [6, 6.07) is 16.5. The fourth-order valence-corrected chi connectivity index (χ4v) is 2.30. The molecule has 128 valence electrons. The third-order valence-electron chi connectivity index (χ3n) is 3.75. The van der Waals surface area contributed by atoms with Crippen molar-refractivity contribution in [3.63, 3.8) is 0 Å². The van der Waals surface area contributed by atoms with Gasteiger partial charge in [0.25, 0.3) is 0 Å². The molecule has 0 unspecified atom stereocenters. The number of hydrogen-bond acceptors (Lipinski definition) is 2. The highest BCUT2D eigenvalue weighted by molar-refractivity contribution is 5.92. The van der Waals surface area contributed by atoms with Crippen LogP contribution in [0.3, 0.4) is 0 Å². The molecular formula is C20H27N3O. The van der Waals surface area contributed by atoms with Crippen LogP contribution in [0.1, 0.15) is 43.4 Å². The van der Waals surface area contributed by atoms with Crippen molar-refractivity contribution in [3.8, 4) is 0 Å². The van der Waals surface area contributed by atoms with Gasteiger partial charge in [0.15, 0.2) is 5.96 Å². The Kier molecular flexibility index (Phi) is 6.82. The van der Waals surface area contributed by atoms with E-state index in [-0.39, 0.29) is 0 Å². The fourth-order valence-electron chi connectivity index (χ4n) is 2.30. The van der Waals surface area contributed by atoms with E-state index in [2.05, 4.69) is 60.6 Å². The van der Waals surface area contributed by atoms with Crippen LogP contribution < -0.4 is 11.1 Å². The molecule has 0 saturated carbocycles. The second-order valence-electron chi connectivity index (χ2n) is 6.06. The zero-order valence-corrected chi connectivity index (χ0v) is 14.8. The maximum atomic E-state index is 5.99. The first-order chi connectivity index (χ1) is 11.6. The van der Waals surface area contributed by atoms with E-state index in [1.807, 2.05) is 19.1 Å². The van der Waals surface area contributed by atoms with Gasteiger partial charge in [0.05, 0.1) is 13.2 Å². The Morgan fingerprint density at radius 3 is 2.50 bits per heavy atom. The second kappa shape index (κ2) is 9.08. The minimum Gasteiger partial charge on any atom is -0.377 e. The monoisotopic (exact) mass is 325 g/mol. The summed E-state index contributed by atoms with van der Waals surface area (Å²) < 4.78 is 5.39. The number of benzene rings is 2. The summed E-state index contributed by atoms with van der Waals surface area (Å²) in [5.74, 6) is 0.911. The van der Waals surface area contributed by atoms with Crippen molar-refractivity contribution in [1.82, 2.24) is 0 Å². The van der Waals surface area contributed by atoms with E-state index in [1.54, 1.807) is 0 Å². The summed E-state index contributed by atoms with van der Waals surface area (Å²) >= 11 is 0. The maximum absolute atomic E-state index is 5.99. The summed E-state index contributed by atoms with van der Waals surface area (Å²) in [6.07, 6.45) is 0. The third-order valence-corrected chi connectivity index (χ3v) is 3.75. The van der Waals surface area contributed by atoms with Gasteiger partial charge in [0.2, 0.25) is 0 Å². The van der Waals surface area contributed by atoms with Crippen LogP contribution in [0.4, 0.5) is 5.69 Å². The number of nitrogens with one attached hydrogen (secondary N) is 1. The molecule has 2 aromatic carbocycles. The van der Waals surface area contributed by atoms with Crippen LogP contribution in [0, 0.1) is 0 Å². The maximum Gasteiger partial charge on any atom is 0.193 e. The van der Waals surface area contributed by atoms with E-state index >= 15 is 0 Å². The lowest BCUT2D eigenvalue weighted by Gasteiger charge is -2.10. The van der Waals surface area contributed by atoms with Crippen LogP contribution >= 0.6 is 0 Å². The van der Waals surface area contributed by atoms with Crippen molar-refractivity contribution in [2.45, 2.75) is 39.8 Å². The van der Waals surface area contributed by atoms with E-state index < -0.39 is 0 Å². The highest BCUT2D eigenvalue weighted by atomic mass is 16.5. The van der Waals surface area contributed by atoms with E-state index in [9.17, 15) is 0 Å². The van der Waals surface area contributed by atoms with E-state index in [1.165, 1.54) is 11.1 Å². The minimum absolute atomic E-state index is 0.425. The van der Waals surface area contributed by atoms with Gasteiger partial charge in [-0.05, 0) is 41.7 Å². The lowest BCUT2D eigenvalue weighted by molar-refractivity contribution is 0.134. The molecular weight excluding hydrogens is 298 g/mol. The smallest absolute Gasteiger partial charge is 0.193 e. The predicted octanol–water partition coefficient (Wildman–Crippen LogP) is 4.27. The highest BCUT2D eigenvalue weighted by Crippen LogP contribution is 2.18. The van der Waals surface area contributed by atoms with Crippen LogP contribution in [0.2, 0.25) is 0 Å². The van der Waals surface area contributed by atoms with Gasteiger partial charge in [-0.2, -0.15) is 0 Å². The number of hydrogen-bond donors (Lipinski definition) is 2. The first-order valence-corrected chi connectivity index (χ1v) is 8.41. The summed E-state index contributed by atoms with van der Waals surface area (Å²) in [7, 11) is 0. The molecule has 0 aliphatic carbocycles. The topological polar surface area (TPSA) is 59.6 Å². The van der Waals surface area contributed by atoms with Gasteiger partial charge in [0.1, 0.15) is 0 Å². The lowest BCUT2D eigenvalue weighted by atomic mass is 10.0. The normalized spacial score (nSPS) is 11.8. The number of ether oxygens (including phenoxy) is 1. The van der Waals surface area contributed by atoms with E-state index in [0.717, 1.165) is 17.9 Å². The number of anilines is 1. The molecule has 0 atom stereocenters. The Bertz CT molecular complexity index is 663. The first-order valence-electron chi connectivity index (χ1n) is 8.41. The van der Waals surface area contributed by atoms with Gasteiger partial charge in [-0.3, -0.25) is 0 Å². The molecule has 3 N–H and O–H groups in total. The molecule has 0 radical (unpaired) electrons. The lowest BCUT2D eigenvalue weighted by Crippen LogP contribution is -2.22. The van der Waals surface area contributed by atoms with E-state index in [4.69, 9.17) is 10.5 Å². The zero-order chi connectivity index (χ0) is 17.4. The molecule has 0 heterocycles. The summed E-state index contributed by atoms with van der Waals surface area (Å²) in [5, 5.41) is 3.15. The number of nitrogens with two attached hydrogens (primary N) is 1. The van der Waals surface area contributed by atoms with Gasteiger partial charge in [-0.1, -0.05) is 50.2 Å². The minimum atomic E-state index is 0.425. The zero-order valence-electron chi connectivity index (χ0n) is 14.8. The highest BCUT2D eigenvalue weighted by Gasteiger charge is 2.01. The van der Waals surface area contributed by atoms with Crippen molar-refractivity contribution >= 4 is 11.6 Å². The molecule has 4 nitrogen and oxygen atoms in total. The van der Waals surface area contributed by atoms with Gasteiger partial charge in [-0.15, -0.1) is 0 Å². The molecule has 2 rings (SSSR count). The standard InChI is InChI=1S/C20H27N3O/c1-4-24-14-17-10-8-16(9-11-17)13-22-20(21)23-19-7-5-6-18(12-19)15(2)3/h5-12,15H,4,13-14H2,1-3H3,(H3,21,22,23). The molecule has 0 amide bonds. The average molecular weight is 325 g/mol. The quantitative estimate of drug-likeness (QED) is 0.590. The molecule has 0 fully saturated rings. The Labute approximate surface area is 144 Å². The van der Waals surface area contributed by atoms with Gasteiger partial charge in [-0.25, -0.2) is 4.99 Å². The SMILES string of the molecule is CCOCc1ccc(CN=C(N)Nc2cccc(C(C)C)c2)cc1. The van der Waals surface area contributed by atoms with E-state index in [0.29, 0.717) is 25.0 Å². The van der Waals surface area contributed by atoms with Crippen LogP contribution in [0.25, 0.3) is 0 Å². The summed E-state index contributed by atoms with van der Waals surface area (Å²) in [4.78, 5) is 4.41. The molecule has 0 saturated heterocycles. The van der Waals surface area contributed by atoms with Crippen molar-refractivity contribution in [2.24, 2.45) is 10.7 Å². The van der Waals surface area contributed by atoms with Crippen LogP contribution in [0.5, 0.6) is 0 Å². The molecule has 2 aromatic rings. The third kappa shape index (κ3) is 5.70. The Morgan fingerprint density at radius 1 is 1.12 bits per heavy atom. The fraction of sp³-hybridized carbons (Fsp3) is 0.350. The molecule has 0 spiro atoms. The Balaban J connectivity index is 1.92. The van der Waals surface area contributed by atoms with Gasteiger partial charge >= 0.3 is 0 Å².